The van der Waals surface area contributed by atoms with Crippen molar-refractivity contribution in [2.75, 3.05) is 6.61 Å². The summed E-state index contributed by atoms with van der Waals surface area (Å²) in [6, 6.07) is -1.20. The summed E-state index contributed by atoms with van der Waals surface area (Å²) >= 11 is 0. The van der Waals surface area contributed by atoms with Crippen LogP contribution >= 0.6 is 0 Å². The number of hydrogen-bond acceptors (Lipinski definition) is 6. The van der Waals surface area contributed by atoms with Gasteiger partial charge in [0.05, 0.1) is 6.61 Å². The molecule has 17 heavy (non-hydrogen) atoms. The Morgan fingerprint density at radius 1 is 1.47 bits per heavy atom. The van der Waals surface area contributed by atoms with Crippen LogP contribution in [0, 0.1) is 0 Å². The van der Waals surface area contributed by atoms with Crippen molar-refractivity contribution in [3.63, 3.8) is 0 Å². The van der Waals surface area contributed by atoms with Crippen molar-refractivity contribution in [1.29, 1.82) is 0 Å². The van der Waals surface area contributed by atoms with Crippen LogP contribution in [0.15, 0.2) is 12.2 Å². The third-order valence-corrected chi connectivity index (χ3v) is 2.48. The molecule has 0 aliphatic carbocycles. The summed E-state index contributed by atoms with van der Waals surface area (Å²) in [5.41, 5.74) is 0. The van der Waals surface area contributed by atoms with Crippen LogP contribution < -0.4 is 5.32 Å². The minimum absolute atomic E-state index is 0.0745. The molecule has 7 heteroatoms. The zero-order chi connectivity index (χ0) is 13.7. The Bertz CT molecular complexity index is 313. The van der Waals surface area contributed by atoms with Gasteiger partial charge >= 0.3 is 0 Å². The van der Waals surface area contributed by atoms with E-state index in [2.05, 4.69) is 5.32 Å². The van der Waals surface area contributed by atoms with E-state index in [0.717, 1.165) is 6.08 Å². The van der Waals surface area contributed by atoms with Crippen LogP contribution in [-0.2, 0) is 9.53 Å². The van der Waals surface area contributed by atoms with Crippen LogP contribution in [0.5, 0.6) is 0 Å². The minimum Gasteiger partial charge on any atom is -0.394 e. The highest BCUT2D eigenvalue weighted by Gasteiger charge is 2.43. The second kappa shape index (κ2) is 6.08. The Labute approximate surface area is 99.7 Å². The summed E-state index contributed by atoms with van der Waals surface area (Å²) < 4.78 is 11.7. The van der Waals surface area contributed by atoms with Crippen LogP contribution in [-0.4, -0.2) is 63.6 Å². The monoisotopic (exact) mass is 248 g/mol. The molecule has 5 N–H and O–H groups in total. The first-order valence-electron chi connectivity index (χ1n) is 5.78. The number of amides is 1. The number of ether oxygens (including phenoxy) is 1. The number of nitrogens with one attached hydrogen (secondary N) is 1. The molecular formula is C10H17NO6. The molecule has 98 valence electrons. The Hall–Kier alpha value is -0.990. The Morgan fingerprint density at radius 2 is 2.18 bits per heavy atom. The molecule has 1 saturated heterocycles. The van der Waals surface area contributed by atoms with Crippen molar-refractivity contribution in [2.45, 2.75) is 37.5 Å². The van der Waals surface area contributed by atoms with Gasteiger partial charge in [0, 0.05) is 1.37 Å². The predicted octanol–water partition coefficient (Wildman–Crippen LogP) is -2.52. The largest absolute Gasteiger partial charge is 0.394 e. The molecule has 1 heterocycles. The lowest BCUT2D eigenvalue weighted by atomic mass is 9.97. The minimum atomic E-state index is -1.53. The normalized spacial score (nSPS) is 39.1. The molecule has 0 bridgehead atoms. The maximum absolute atomic E-state index is 11.3. The SMILES string of the molecule is [2H]C/C=C/C(=O)N[C@@H]1C(O)O[C@H](CO)[C@@H](O)[C@@H]1O. The molecule has 0 spiro atoms. The molecular weight excluding hydrogens is 230 g/mol. The highest BCUT2D eigenvalue weighted by atomic mass is 16.6. The van der Waals surface area contributed by atoms with Gasteiger partial charge in [-0.25, -0.2) is 0 Å². The first-order valence-corrected chi connectivity index (χ1v) is 5.08. The van der Waals surface area contributed by atoms with E-state index >= 15 is 0 Å². The molecule has 1 fully saturated rings. The van der Waals surface area contributed by atoms with Crippen molar-refractivity contribution in [2.24, 2.45) is 0 Å². The van der Waals surface area contributed by atoms with E-state index in [1.807, 2.05) is 0 Å². The van der Waals surface area contributed by atoms with Gasteiger partial charge in [0.1, 0.15) is 24.4 Å². The third-order valence-electron chi connectivity index (χ3n) is 2.48. The highest BCUT2D eigenvalue weighted by Crippen LogP contribution is 2.19. The van der Waals surface area contributed by atoms with Crippen molar-refractivity contribution >= 4 is 5.91 Å². The van der Waals surface area contributed by atoms with Gasteiger partial charge in [-0.2, -0.15) is 0 Å². The average molecular weight is 248 g/mol. The van der Waals surface area contributed by atoms with Gasteiger partial charge in [0.2, 0.25) is 5.91 Å². The molecule has 5 atom stereocenters. The molecule has 0 aromatic carbocycles. The van der Waals surface area contributed by atoms with Gasteiger partial charge in [-0.3, -0.25) is 4.79 Å². The predicted molar refractivity (Wildman–Crippen MR) is 56.7 cm³/mol. The van der Waals surface area contributed by atoms with E-state index in [0.29, 0.717) is 0 Å². The van der Waals surface area contributed by atoms with Gasteiger partial charge in [0.15, 0.2) is 6.29 Å². The summed E-state index contributed by atoms with van der Waals surface area (Å²) in [4.78, 5) is 11.3. The van der Waals surface area contributed by atoms with E-state index in [4.69, 9.17) is 11.2 Å². The van der Waals surface area contributed by atoms with E-state index in [1.165, 1.54) is 6.08 Å². The highest BCUT2D eigenvalue weighted by molar-refractivity contribution is 5.87. The maximum Gasteiger partial charge on any atom is 0.244 e. The van der Waals surface area contributed by atoms with E-state index in [9.17, 15) is 20.1 Å². The Morgan fingerprint density at radius 3 is 2.76 bits per heavy atom. The van der Waals surface area contributed by atoms with E-state index in [-0.39, 0.29) is 6.90 Å². The van der Waals surface area contributed by atoms with Crippen LogP contribution in [0.25, 0.3) is 0 Å². The fraction of sp³-hybridized carbons (Fsp3) is 0.700. The fourth-order valence-corrected chi connectivity index (χ4v) is 1.57. The molecule has 1 amide bonds. The van der Waals surface area contributed by atoms with Crippen LogP contribution in [0.1, 0.15) is 8.27 Å². The molecule has 1 unspecified atom stereocenters. The van der Waals surface area contributed by atoms with Crippen molar-refractivity contribution in [3.05, 3.63) is 12.2 Å². The number of aliphatic hydroxyl groups excluding tert-OH is 4. The zero-order valence-electron chi connectivity index (χ0n) is 10.1. The second-order valence-corrected chi connectivity index (χ2v) is 3.67. The Kier molecular flexibility index (Phi) is 4.46. The number of rotatable bonds is 3. The van der Waals surface area contributed by atoms with Gasteiger partial charge < -0.3 is 30.5 Å². The lowest BCUT2D eigenvalue weighted by Gasteiger charge is -2.40. The van der Waals surface area contributed by atoms with E-state index < -0.39 is 43.2 Å². The number of carbonyl (C=O) groups is 1. The third kappa shape index (κ3) is 3.24. The standard InChI is InChI=1S/C10H17NO6/c1-2-3-6(13)11-7-9(15)8(14)5(4-12)17-10(7)16/h2-3,5,7-10,12,14-16H,4H2,1H3,(H,11,13)/b3-2+/t5-,7+,8-,9-,10?/m1/s1/i1D. The first kappa shape index (κ1) is 12.5. The summed E-state index contributed by atoms with van der Waals surface area (Å²) in [5.74, 6) is -0.622. The molecule has 1 aliphatic heterocycles. The molecule has 1 aliphatic rings. The maximum atomic E-state index is 11.3. The topological polar surface area (TPSA) is 119 Å². The summed E-state index contributed by atoms with van der Waals surface area (Å²) in [7, 11) is 0. The zero-order valence-corrected chi connectivity index (χ0v) is 9.06. The number of hydrogen-bond donors (Lipinski definition) is 5. The number of aliphatic hydroxyl groups is 4. The Balaban J connectivity index is 2.65. The summed E-state index contributed by atoms with van der Waals surface area (Å²) in [6.07, 6.45) is -3.15. The fourth-order valence-electron chi connectivity index (χ4n) is 1.57. The van der Waals surface area contributed by atoms with Crippen molar-refractivity contribution in [1.82, 2.24) is 5.32 Å². The van der Waals surface area contributed by atoms with Crippen LogP contribution in [0.2, 0.25) is 0 Å². The second-order valence-electron chi connectivity index (χ2n) is 3.67. The smallest absolute Gasteiger partial charge is 0.244 e. The lowest BCUT2D eigenvalue weighted by Crippen LogP contribution is -2.64. The quantitative estimate of drug-likeness (QED) is 0.352. The molecule has 7 nitrogen and oxygen atoms in total. The van der Waals surface area contributed by atoms with Gasteiger partial charge in [-0.15, -0.1) is 0 Å². The summed E-state index contributed by atoms with van der Waals surface area (Å²) in [5, 5.41) is 39.9. The molecule has 0 aromatic rings. The molecule has 0 saturated carbocycles. The number of carbonyl (C=O) groups excluding carboxylic acids is 1. The van der Waals surface area contributed by atoms with Gasteiger partial charge in [-0.1, -0.05) is 6.08 Å². The summed E-state index contributed by atoms with van der Waals surface area (Å²) in [6.45, 7) is -0.635. The molecule has 0 aromatic heterocycles. The average Bonchev–Trinajstić information content (AvgIpc) is 2.36. The van der Waals surface area contributed by atoms with Gasteiger partial charge in [0.25, 0.3) is 0 Å². The van der Waals surface area contributed by atoms with Crippen molar-refractivity contribution < 1.29 is 31.3 Å². The van der Waals surface area contributed by atoms with Crippen LogP contribution in [0.4, 0.5) is 0 Å². The first-order chi connectivity index (χ1) is 8.51. The lowest BCUT2D eigenvalue weighted by molar-refractivity contribution is -0.253. The van der Waals surface area contributed by atoms with Crippen molar-refractivity contribution in [3.8, 4) is 0 Å². The molecule has 1 rings (SSSR count). The van der Waals surface area contributed by atoms with E-state index in [1.54, 1.807) is 0 Å². The molecule has 0 radical (unpaired) electrons. The number of allylic oxidation sites excluding steroid dienone is 1. The van der Waals surface area contributed by atoms with Gasteiger partial charge in [-0.05, 0) is 13.0 Å². The van der Waals surface area contributed by atoms with Crippen LogP contribution in [0.3, 0.4) is 0 Å².